The van der Waals surface area contributed by atoms with E-state index >= 15 is 0 Å². The first-order valence-corrected chi connectivity index (χ1v) is 8.17. The van der Waals surface area contributed by atoms with Crippen LogP contribution < -0.4 is 10.2 Å². The van der Waals surface area contributed by atoms with Gasteiger partial charge in [-0.2, -0.15) is 0 Å². The minimum atomic E-state index is -0.549. The lowest BCUT2D eigenvalue weighted by Gasteiger charge is -2.22. The molecule has 0 spiro atoms. The monoisotopic (exact) mass is 333 g/mol. The van der Waals surface area contributed by atoms with Gasteiger partial charge in [-0.3, -0.25) is 0 Å². The van der Waals surface area contributed by atoms with Crippen LogP contribution in [0.15, 0.2) is 42.6 Å². The number of aliphatic hydroxyl groups is 1. The third-order valence-electron chi connectivity index (χ3n) is 3.87. The van der Waals surface area contributed by atoms with Gasteiger partial charge in [0.25, 0.3) is 0 Å². The predicted molar refractivity (Wildman–Crippen MR) is 95.9 cm³/mol. The number of rotatable bonds is 7. The van der Waals surface area contributed by atoms with E-state index in [2.05, 4.69) is 35.1 Å². The number of halogens is 1. The van der Waals surface area contributed by atoms with Crippen molar-refractivity contribution in [1.29, 1.82) is 0 Å². The first-order valence-electron chi connectivity index (χ1n) is 7.79. The van der Waals surface area contributed by atoms with E-state index in [1.165, 1.54) is 0 Å². The number of nitrogens with zero attached hydrogens (tertiary/aromatic N) is 2. The van der Waals surface area contributed by atoms with Crippen LogP contribution in [0, 0.1) is 0 Å². The fourth-order valence-corrected chi connectivity index (χ4v) is 2.28. The topological polar surface area (TPSA) is 48.4 Å². The molecule has 0 fully saturated rings. The molecule has 0 amide bonds. The summed E-state index contributed by atoms with van der Waals surface area (Å²) in [5, 5.41) is 14.1. The van der Waals surface area contributed by atoms with Crippen molar-refractivity contribution in [1.82, 2.24) is 10.3 Å². The minimum absolute atomic E-state index is 0.418. The van der Waals surface area contributed by atoms with E-state index < -0.39 is 6.10 Å². The predicted octanol–water partition coefficient (Wildman–Crippen LogP) is 3.40. The number of aliphatic hydroxyl groups excluding tert-OH is 1. The van der Waals surface area contributed by atoms with Gasteiger partial charge in [-0.05, 0) is 43.2 Å². The second-order valence-corrected chi connectivity index (χ2v) is 6.36. The third kappa shape index (κ3) is 5.20. The van der Waals surface area contributed by atoms with Crippen LogP contribution in [-0.4, -0.2) is 29.7 Å². The summed E-state index contributed by atoms with van der Waals surface area (Å²) in [5.74, 6) is 0.963. The maximum absolute atomic E-state index is 10.1. The molecule has 23 heavy (non-hydrogen) atoms. The molecule has 5 heteroatoms. The summed E-state index contributed by atoms with van der Waals surface area (Å²) >= 11 is 5.85. The van der Waals surface area contributed by atoms with E-state index in [1.807, 2.05) is 31.4 Å². The van der Waals surface area contributed by atoms with Crippen molar-refractivity contribution in [3.05, 3.63) is 58.7 Å². The van der Waals surface area contributed by atoms with Crippen molar-refractivity contribution in [2.24, 2.45) is 0 Å². The van der Waals surface area contributed by atoms with Gasteiger partial charge in [0.2, 0.25) is 0 Å². The summed E-state index contributed by atoms with van der Waals surface area (Å²) in [5.41, 5.74) is 1.95. The van der Waals surface area contributed by atoms with Gasteiger partial charge >= 0.3 is 0 Å². The number of pyridine rings is 1. The van der Waals surface area contributed by atoms with E-state index in [4.69, 9.17) is 11.6 Å². The second-order valence-electron chi connectivity index (χ2n) is 5.93. The van der Waals surface area contributed by atoms with Gasteiger partial charge in [0, 0.05) is 37.4 Å². The molecule has 124 valence electrons. The van der Waals surface area contributed by atoms with Gasteiger partial charge in [-0.15, -0.1) is 0 Å². The zero-order valence-electron chi connectivity index (χ0n) is 13.8. The maximum Gasteiger partial charge on any atom is 0.128 e. The molecule has 1 heterocycles. The summed E-state index contributed by atoms with van der Waals surface area (Å²) in [6, 6.07) is 11.7. The molecule has 0 aliphatic carbocycles. The van der Waals surface area contributed by atoms with E-state index in [-0.39, 0.29) is 0 Å². The summed E-state index contributed by atoms with van der Waals surface area (Å²) in [7, 11) is 2.04. The van der Waals surface area contributed by atoms with Gasteiger partial charge in [-0.25, -0.2) is 4.98 Å². The van der Waals surface area contributed by atoms with Crippen molar-refractivity contribution in [2.45, 2.75) is 32.5 Å². The standard InChI is InChI=1S/C18H24ClN3O/c1-13(2)22(3)18-9-4-14(11-21-18)10-20-12-17(23)15-5-7-16(19)8-6-15/h4-9,11,13,17,20,23H,10,12H2,1-3H3/t17-/m0/s1. The van der Waals surface area contributed by atoms with Crippen LogP contribution in [0.2, 0.25) is 5.02 Å². The van der Waals surface area contributed by atoms with Crippen molar-refractivity contribution >= 4 is 17.4 Å². The van der Waals surface area contributed by atoms with Crippen molar-refractivity contribution < 1.29 is 5.11 Å². The first-order chi connectivity index (χ1) is 11.0. The molecule has 0 bridgehead atoms. The van der Waals surface area contributed by atoms with Crippen LogP contribution in [-0.2, 0) is 6.54 Å². The Hall–Kier alpha value is -1.62. The Morgan fingerprint density at radius 1 is 1.17 bits per heavy atom. The first kappa shape index (κ1) is 17.7. The third-order valence-corrected chi connectivity index (χ3v) is 4.12. The molecule has 2 N–H and O–H groups in total. The fourth-order valence-electron chi connectivity index (χ4n) is 2.15. The summed E-state index contributed by atoms with van der Waals surface area (Å²) < 4.78 is 0. The molecule has 1 aromatic carbocycles. The van der Waals surface area contributed by atoms with Crippen LogP contribution in [0.3, 0.4) is 0 Å². The molecule has 0 saturated carbocycles. The van der Waals surface area contributed by atoms with Crippen LogP contribution in [0.25, 0.3) is 0 Å². The van der Waals surface area contributed by atoms with Crippen LogP contribution in [0.4, 0.5) is 5.82 Å². The smallest absolute Gasteiger partial charge is 0.128 e. The summed E-state index contributed by atoms with van der Waals surface area (Å²) in [4.78, 5) is 6.60. The number of hydrogen-bond donors (Lipinski definition) is 2. The van der Waals surface area contributed by atoms with Gasteiger partial charge in [0.1, 0.15) is 5.82 Å². The lowest BCUT2D eigenvalue weighted by molar-refractivity contribution is 0.174. The highest BCUT2D eigenvalue weighted by atomic mass is 35.5. The van der Waals surface area contributed by atoms with E-state index in [9.17, 15) is 5.11 Å². The summed E-state index contributed by atoms with van der Waals surface area (Å²) in [6.45, 7) is 5.42. The Kier molecular flexibility index (Phi) is 6.39. The summed E-state index contributed by atoms with van der Waals surface area (Å²) in [6.07, 6.45) is 1.32. The molecular formula is C18H24ClN3O. The number of anilines is 1. The maximum atomic E-state index is 10.1. The normalized spacial score (nSPS) is 12.4. The Bertz CT molecular complexity index is 599. The lowest BCUT2D eigenvalue weighted by Crippen LogP contribution is -2.26. The molecule has 2 rings (SSSR count). The zero-order chi connectivity index (χ0) is 16.8. The quantitative estimate of drug-likeness (QED) is 0.815. The van der Waals surface area contributed by atoms with Crippen molar-refractivity contribution in [3.63, 3.8) is 0 Å². The van der Waals surface area contributed by atoms with Gasteiger partial charge < -0.3 is 15.3 Å². The molecule has 4 nitrogen and oxygen atoms in total. The average Bonchev–Trinajstić information content (AvgIpc) is 2.55. The molecule has 1 atom stereocenters. The largest absolute Gasteiger partial charge is 0.387 e. The van der Waals surface area contributed by atoms with Crippen LogP contribution in [0.1, 0.15) is 31.1 Å². The highest BCUT2D eigenvalue weighted by Crippen LogP contribution is 2.16. The molecular weight excluding hydrogens is 310 g/mol. The average molecular weight is 334 g/mol. The Morgan fingerprint density at radius 2 is 1.87 bits per heavy atom. The molecule has 2 aromatic rings. The molecule has 0 aliphatic heterocycles. The number of hydrogen-bond acceptors (Lipinski definition) is 4. The van der Waals surface area contributed by atoms with Crippen molar-refractivity contribution in [3.8, 4) is 0 Å². The van der Waals surface area contributed by atoms with Crippen LogP contribution in [0.5, 0.6) is 0 Å². The number of aromatic nitrogens is 1. The molecule has 1 aromatic heterocycles. The second kappa shape index (κ2) is 8.29. The van der Waals surface area contributed by atoms with Crippen LogP contribution >= 0.6 is 11.6 Å². The van der Waals surface area contributed by atoms with E-state index in [0.29, 0.717) is 24.2 Å². The Labute approximate surface area is 143 Å². The number of nitrogens with one attached hydrogen (secondary N) is 1. The van der Waals surface area contributed by atoms with Crippen molar-refractivity contribution in [2.75, 3.05) is 18.5 Å². The SMILES string of the molecule is CC(C)N(C)c1ccc(CNC[C@H](O)c2ccc(Cl)cc2)cn1. The highest BCUT2D eigenvalue weighted by Gasteiger charge is 2.08. The van der Waals surface area contributed by atoms with Gasteiger partial charge in [0.05, 0.1) is 6.10 Å². The number of benzene rings is 1. The molecule has 0 saturated heterocycles. The minimum Gasteiger partial charge on any atom is -0.387 e. The molecule has 0 unspecified atom stereocenters. The lowest BCUT2D eigenvalue weighted by atomic mass is 10.1. The molecule has 0 radical (unpaired) electrons. The van der Waals surface area contributed by atoms with E-state index in [1.54, 1.807) is 12.1 Å². The van der Waals surface area contributed by atoms with E-state index in [0.717, 1.165) is 16.9 Å². The Balaban J connectivity index is 1.83. The van der Waals surface area contributed by atoms with Gasteiger partial charge in [0.15, 0.2) is 0 Å². The van der Waals surface area contributed by atoms with Gasteiger partial charge in [-0.1, -0.05) is 29.8 Å². The molecule has 0 aliphatic rings. The fraction of sp³-hybridized carbons (Fsp3) is 0.389. The zero-order valence-corrected chi connectivity index (χ0v) is 14.6. The Morgan fingerprint density at radius 3 is 2.43 bits per heavy atom. The highest BCUT2D eigenvalue weighted by molar-refractivity contribution is 6.30.